The topological polar surface area (TPSA) is 63.7 Å². The number of hydrogen-bond donors (Lipinski definition) is 0. The van der Waals surface area contributed by atoms with Crippen LogP contribution in [0.2, 0.25) is 0 Å². The van der Waals surface area contributed by atoms with Crippen LogP contribution in [0.5, 0.6) is 5.75 Å². The number of methoxy groups -OCH3 is 1. The molecule has 1 heterocycles. The van der Waals surface area contributed by atoms with Crippen LogP contribution in [-0.4, -0.2) is 37.5 Å². The fourth-order valence-corrected chi connectivity index (χ4v) is 8.27. The van der Waals surface area contributed by atoms with Crippen LogP contribution in [0, 0.1) is 23.7 Å². The minimum atomic E-state index is -3.58. The Morgan fingerprint density at radius 2 is 2.07 bits per heavy atom. The Labute approximate surface area is 161 Å². The van der Waals surface area contributed by atoms with Gasteiger partial charge in [-0.2, -0.15) is 0 Å². The lowest BCUT2D eigenvalue weighted by molar-refractivity contribution is -0.123. The summed E-state index contributed by atoms with van der Waals surface area (Å²) in [5.41, 5.74) is 1.50. The molecule has 2 saturated carbocycles. The summed E-state index contributed by atoms with van der Waals surface area (Å²) < 4.78 is 32.3. The Kier molecular flexibility index (Phi) is 4.01. The molecule has 3 aliphatic rings. The van der Waals surface area contributed by atoms with E-state index in [0.29, 0.717) is 5.92 Å². The van der Waals surface area contributed by atoms with E-state index in [2.05, 4.69) is 13.8 Å². The van der Waals surface area contributed by atoms with Crippen molar-refractivity contribution < 1.29 is 17.9 Å². The standard InChI is InChI=1S/C21H27NO4S/c1-14-5-6-15(11-17(14)26-4)7-8-19(23)22-18-12-16-9-10-21(18,20(16,2)3)13-27(22,24)25/h5-8,11,16,18H,9-10,12-13H2,1-4H3. The van der Waals surface area contributed by atoms with Crippen molar-refractivity contribution >= 4 is 22.0 Å². The first-order valence-electron chi connectivity index (χ1n) is 9.51. The first-order chi connectivity index (χ1) is 12.6. The van der Waals surface area contributed by atoms with Crippen molar-refractivity contribution in [2.24, 2.45) is 16.7 Å². The molecule has 3 atom stereocenters. The van der Waals surface area contributed by atoms with Crippen molar-refractivity contribution in [3.63, 3.8) is 0 Å². The molecule has 1 aromatic carbocycles. The largest absolute Gasteiger partial charge is 0.496 e. The molecule has 0 aromatic heterocycles. The second-order valence-electron chi connectivity index (χ2n) is 8.82. The molecule has 6 heteroatoms. The Balaban J connectivity index is 1.63. The molecule has 1 aliphatic heterocycles. The van der Waals surface area contributed by atoms with Gasteiger partial charge in [0, 0.05) is 11.5 Å². The summed E-state index contributed by atoms with van der Waals surface area (Å²) in [7, 11) is -1.97. The van der Waals surface area contributed by atoms with Gasteiger partial charge in [-0.3, -0.25) is 4.79 Å². The number of carbonyl (C=O) groups excluding carboxylic acids is 1. The third-order valence-corrected chi connectivity index (χ3v) is 9.39. The van der Waals surface area contributed by atoms with Gasteiger partial charge >= 0.3 is 0 Å². The number of ether oxygens (including phenoxy) is 1. The van der Waals surface area contributed by atoms with Gasteiger partial charge in [0.05, 0.1) is 18.9 Å². The minimum Gasteiger partial charge on any atom is -0.496 e. The number of hydrogen-bond acceptors (Lipinski definition) is 4. The van der Waals surface area contributed by atoms with Gasteiger partial charge in [-0.25, -0.2) is 12.7 Å². The predicted molar refractivity (Wildman–Crippen MR) is 105 cm³/mol. The van der Waals surface area contributed by atoms with Gasteiger partial charge in [0.2, 0.25) is 10.0 Å². The quantitative estimate of drug-likeness (QED) is 0.744. The summed E-state index contributed by atoms with van der Waals surface area (Å²) in [6, 6.07) is 5.46. The van der Waals surface area contributed by atoms with Crippen molar-refractivity contribution in [3.8, 4) is 5.75 Å². The first kappa shape index (κ1) is 18.5. The molecular formula is C21H27NO4S. The highest BCUT2D eigenvalue weighted by Gasteiger charge is 2.72. The highest BCUT2D eigenvalue weighted by molar-refractivity contribution is 7.90. The highest BCUT2D eigenvalue weighted by atomic mass is 32.2. The third-order valence-electron chi connectivity index (χ3n) is 7.48. The van der Waals surface area contributed by atoms with Gasteiger partial charge in [-0.15, -0.1) is 0 Å². The molecule has 1 spiro atoms. The van der Waals surface area contributed by atoms with Gasteiger partial charge in [-0.1, -0.05) is 26.0 Å². The zero-order valence-corrected chi connectivity index (χ0v) is 17.2. The maximum atomic E-state index is 12.9. The number of fused-ring (bicyclic) bond motifs is 1. The highest BCUT2D eigenvalue weighted by Crippen LogP contribution is 2.69. The Morgan fingerprint density at radius 1 is 1.33 bits per heavy atom. The maximum Gasteiger partial charge on any atom is 0.260 e. The van der Waals surface area contributed by atoms with Gasteiger partial charge in [0.15, 0.2) is 0 Å². The van der Waals surface area contributed by atoms with E-state index in [1.54, 1.807) is 13.2 Å². The smallest absolute Gasteiger partial charge is 0.260 e. The summed E-state index contributed by atoms with van der Waals surface area (Å²) in [5.74, 6) is 0.914. The number of amides is 1. The SMILES string of the molecule is COc1cc(C=CC(=O)N2C3CC4CCC3(CS2(=O)=O)C4(C)C)ccc1C. The molecule has 5 nitrogen and oxygen atoms in total. The molecule has 3 fully saturated rings. The number of rotatable bonds is 3. The van der Waals surface area contributed by atoms with Gasteiger partial charge in [0.1, 0.15) is 5.75 Å². The molecule has 2 aliphatic carbocycles. The maximum absolute atomic E-state index is 12.9. The summed E-state index contributed by atoms with van der Waals surface area (Å²) in [6.07, 6.45) is 5.82. The van der Waals surface area contributed by atoms with Crippen LogP contribution in [0.4, 0.5) is 0 Å². The summed E-state index contributed by atoms with van der Waals surface area (Å²) >= 11 is 0. The number of aryl methyl sites for hydroxylation is 1. The Bertz CT molecular complexity index is 934. The van der Waals surface area contributed by atoms with Crippen LogP contribution >= 0.6 is 0 Å². The van der Waals surface area contributed by atoms with Crippen LogP contribution in [0.25, 0.3) is 6.08 Å². The van der Waals surface area contributed by atoms with E-state index in [1.807, 2.05) is 25.1 Å². The fraction of sp³-hybridized carbons (Fsp3) is 0.571. The lowest BCUT2D eigenvalue weighted by atomic mass is 9.69. The van der Waals surface area contributed by atoms with Crippen LogP contribution < -0.4 is 4.74 Å². The van der Waals surface area contributed by atoms with Gasteiger partial charge < -0.3 is 4.74 Å². The first-order valence-corrected chi connectivity index (χ1v) is 11.1. The van der Waals surface area contributed by atoms with Crippen LogP contribution in [0.15, 0.2) is 24.3 Å². The zero-order chi connectivity index (χ0) is 19.6. The van der Waals surface area contributed by atoms with Crippen molar-refractivity contribution in [2.45, 2.75) is 46.1 Å². The summed E-state index contributed by atoms with van der Waals surface area (Å²) in [6.45, 7) is 6.32. The van der Waals surface area contributed by atoms with Crippen molar-refractivity contribution in [3.05, 3.63) is 35.4 Å². The Morgan fingerprint density at radius 3 is 2.74 bits per heavy atom. The molecule has 1 amide bonds. The molecular weight excluding hydrogens is 362 g/mol. The zero-order valence-electron chi connectivity index (χ0n) is 16.4. The lowest BCUT2D eigenvalue weighted by Crippen LogP contribution is -2.43. The number of sulfonamides is 1. The van der Waals surface area contributed by atoms with E-state index in [-0.39, 0.29) is 22.6 Å². The molecule has 1 aromatic rings. The van der Waals surface area contributed by atoms with Crippen molar-refractivity contribution in [2.75, 3.05) is 12.9 Å². The monoisotopic (exact) mass is 389 g/mol. The molecule has 27 heavy (non-hydrogen) atoms. The second-order valence-corrected chi connectivity index (χ2v) is 10.7. The van der Waals surface area contributed by atoms with Crippen LogP contribution in [0.1, 0.15) is 44.2 Å². The van der Waals surface area contributed by atoms with E-state index in [9.17, 15) is 13.2 Å². The minimum absolute atomic E-state index is 0.0339. The fourth-order valence-electron chi connectivity index (χ4n) is 5.76. The molecule has 1 saturated heterocycles. The van der Waals surface area contributed by atoms with E-state index < -0.39 is 15.9 Å². The van der Waals surface area contributed by atoms with Gasteiger partial charge in [-0.05, 0) is 60.8 Å². The second kappa shape index (κ2) is 5.84. The number of benzene rings is 1. The Hall–Kier alpha value is -1.82. The molecule has 0 N–H and O–H groups in total. The van der Waals surface area contributed by atoms with E-state index >= 15 is 0 Å². The lowest BCUT2D eigenvalue weighted by Gasteiger charge is -2.36. The van der Waals surface area contributed by atoms with Crippen LogP contribution in [-0.2, 0) is 14.8 Å². The third kappa shape index (κ3) is 2.49. The van der Waals surface area contributed by atoms with E-state index in [0.717, 1.165) is 36.1 Å². The van der Waals surface area contributed by atoms with E-state index in [4.69, 9.17) is 4.74 Å². The normalized spacial score (nSPS) is 32.8. The van der Waals surface area contributed by atoms with Crippen molar-refractivity contribution in [1.29, 1.82) is 0 Å². The number of nitrogens with zero attached hydrogens (tertiary/aromatic N) is 1. The number of carbonyl (C=O) groups is 1. The molecule has 2 bridgehead atoms. The summed E-state index contributed by atoms with van der Waals surface area (Å²) in [4.78, 5) is 12.9. The summed E-state index contributed by atoms with van der Waals surface area (Å²) in [5, 5.41) is 0. The molecule has 0 radical (unpaired) electrons. The average Bonchev–Trinajstić information content (AvgIpc) is 3.08. The van der Waals surface area contributed by atoms with Gasteiger partial charge in [0.25, 0.3) is 5.91 Å². The molecule has 146 valence electrons. The average molecular weight is 390 g/mol. The van der Waals surface area contributed by atoms with Crippen LogP contribution in [0.3, 0.4) is 0 Å². The van der Waals surface area contributed by atoms with Crippen molar-refractivity contribution in [1.82, 2.24) is 4.31 Å². The molecule has 4 rings (SSSR count). The molecule has 3 unspecified atom stereocenters. The van der Waals surface area contributed by atoms with E-state index in [1.165, 1.54) is 10.4 Å². The predicted octanol–water partition coefficient (Wildman–Crippen LogP) is 3.38.